The average Bonchev–Trinajstić information content (AvgIpc) is 2.80. The van der Waals surface area contributed by atoms with E-state index in [9.17, 15) is 10.2 Å². The summed E-state index contributed by atoms with van der Waals surface area (Å²) in [5.74, 6) is 1.29. The number of ether oxygens (including phenoxy) is 2. The van der Waals surface area contributed by atoms with Crippen LogP contribution in [0.5, 0.6) is 11.5 Å². The second-order valence-electron chi connectivity index (χ2n) is 6.89. The van der Waals surface area contributed by atoms with Gasteiger partial charge in [-0.15, -0.1) is 0 Å². The van der Waals surface area contributed by atoms with Gasteiger partial charge < -0.3 is 30.3 Å². The van der Waals surface area contributed by atoms with Crippen LogP contribution >= 0.6 is 0 Å². The molecule has 0 aliphatic rings. The molecule has 0 aliphatic heterocycles. The minimum atomic E-state index is -0.631. The van der Waals surface area contributed by atoms with Gasteiger partial charge in [-0.05, 0) is 48.5 Å². The van der Waals surface area contributed by atoms with Gasteiger partial charge in [-0.2, -0.15) is 0 Å². The molecule has 158 valence electrons. The fraction of sp³-hybridized carbons (Fsp3) is 0.250. The molecule has 0 heterocycles. The molecule has 3 rings (SSSR count). The zero-order valence-corrected chi connectivity index (χ0v) is 16.8. The van der Waals surface area contributed by atoms with E-state index >= 15 is 0 Å². The van der Waals surface area contributed by atoms with E-state index in [1.165, 1.54) is 0 Å². The van der Waals surface area contributed by atoms with Crippen molar-refractivity contribution in [3.8, 4) is 11.5 Å². The van der Waals surface area contributed by atoms with E-state index in [2.05, 4.69) is 10.6 Å². The van der Waals surface area contributed by atoms with Crippen LogP contribution in [0.1, 0.15) is 0 Å². The highest BCUT2D eigenvalue weighted by Gasteiger charge is 2.07. The Balaban J connectivity index is 1.33. The Bertz CT molecular complexity index is 772. The molecule has 0 amide bonds. The smallest absolute Gasteiger partial charge is 0.119 e. The van der Waals surface area contributed by atoms with Crippen LogP contribution in [0.3, 0.4) is 0 Å². The summed E-state index contributed by atoms with van der Waals surface area (Å²) in [6.45, 7) is 1.17. The first-order chi connectivity index (χ1) is 14.7. The van der Waals surface area contributed by atoms with Gasteiger partial charge >= 0.3 is 0 Å². The lowest BCUT2D eigenvalue weighted by Crippen LogP contribution is -2.26. The first-order valence-electron chi connectivity index (χ1n) is 9.98. The molecule has 2 atom stereocenters. The van der Waals surface area contributed by atoms with E-state index < -0.39 is 12.2 Å². The average molecular weight is 408 g/mol. The van der Waals surface area contributed by atoms with Gasteiger partial charge in [-0.1, -0.05) is 36.4 Å². The lowest BCUT2D eigenvalue weighted by Gasteiger charge is -2.15. The van der Waals surface area contributed by atoms with Crippen molar-refractivity contribution in [3.05, 3.63) is 84.9 Å². The standard InChI is InChI=1S/C24H28N2O4/c27-21(15-25-19-7-3-1-4-8-19)17-29-23-11-13-24(14-12-23)30-18-22(28)16-26-20-9-5-2-6-10-20/h1-14,21-22,25-28H,15-18H2/t21-,22-/m0/s1. The van der Waals surface area contributed by atoms with Crippen molar-refractivity contribution in [3.63, 3.8) is 0 Å². The molecule has 0 aliphatic carbocycles. The molecule has 0 spiro atoms. The summed E-state index contributed by atoms with van der Waals surface area (Å²) in [7, 11) is 0. The molecule has 3 aromatic rings. The fourth-order valence-corrected chi connectivity index (χ4v) is 2.72. The Morgan fingerprint density at radius 3 is 1.30 bits per heavy atom. The van der Waals surface area contributed by atoms with E-state index in [-0.39, 0.29) is 13.2 Å². The minimum absolute atomic E-state index is 0.184. The Morgan fingerprint density at radius 1 is 0.567 bits per heavy atom. The molecular weight excluding hydrogens is 380 g/mol. The van der Waals surface area contributed by atoms with Gasteiger partial charge in [0.15, 0.2) is 0 Å². The third-order valence-corrected chi connectivity index (χ3v) is 4.34. The Labute approximate surface area is 177 Å². The van der Waals surface area contributed by atoms with Crippen molar-refractivity contribution < 1.29 is 19.7 Å². The molecule has 30 heavy (non-hydrogen) atoms. The Kier molecular flexibility index (Phi) is 8.38. The highest BCUT2D eigenvalue weighted by atomic mass is 16.5. The maximum atomic E-state index is 10.1. The van der Waals surface area contributed by atoms with E-state index in [1.807, 2.05) is 60.7 Å². The summed E-state index contributed by atoms with van der Waals surface area (Å²) < 4.78 is 11.2. The number of hydrogen-bond acceptors (Lipinski definition) is 6. The number of nitrogens with one attached hydrogen (secondary N) is 2. The number of hydrogen-bond donors (Lipinski definition) is 4. The second-order valence-corrected chi connectivity index (χ2v) is 6.89. The molecule has 0 fully saturated rings. The van der Waals surface area contributed by atoms with Crippen LogP contribution < -0.4 is 20.1 Å². The van der Waals surface area contributed by atoms with Crippen molar-refractivity contribution in [2.75, 3.05) is 36.9 Å². The van der Waals surface area contributed by atoms with Crippen LogP contribution in [0.25, 0.3) is 0 Å². The third-order valence-electron chi connectivity index (χ3n) is 4.34. The second kappa shape index (κ2) is 11.7. The van der Waals surface area contributed by atoms with Crippen LogP contribution in [0, 0.1) is 0 Å². The maximum Gasteiger partial charge on any atom is 0.119 e. The van der Waals surface area contributed by atoms with Gasteiger partial charge in [-0.3, -0.25) is 0 Å². The lowest BCUT2D eigenvalue weighted by atomic mass is 10.3. The third kappa shape index (κ3) is 7.66. The quantitative estimate of drug-likeness (QED) is 0.368. The molecule has 6 nitrogen and oxygen atoms in total. The first-order valence-corrected chi connectivity index (χ1v) is 9.98. The largest absolute Gasteiger partial charge is 0.491 e. The summed E-state index contributed by atoms with van der Waals surface area (Å²) in [6, 6.07) is 26.5. The van der Waals surface area contributed by atoms with E-state index in [1.54, 1.807) is 24.3 Å². The van der Waals surface area contributed by atoms with Gasteiger partial charge in [0, 0.05) is 24.5 Å². The zero-order chi connectivity index (χ0) is 21.0. The number of para-hydroxylation sites is 2. The summed E-state index contributed by atoms with van der Waals surface area (Å²) in [4.78, 5) is 0. The minimum Gasteiger partial charge on any atom is -0.491 e. The van der Waals surface area contributed by atoms with E-state index in [0.717, 1.165) is 11.4 Å². The van der Waals surface area contributed by atoms with Gasteiger partial charge in [0.25, 0.3) is 0 Å². The van der Waals surface area contributed by atoms with Crippen LogP contribution in [-0.4, -0.2) is 48.7 Å². The predicted molar refractivity (Wildman–Crippen MR) is 119 cm³/mol. The Hall–Kier alpha value is -3.22. The molecule has 4 N–H and O–H groups in total. The van der Waals surface area contributed by atoms with Gasteiger partial charge in [0.05, 0.1) is 0 Å². The van der Waals surface area contributed by atoms with Gasteiger partial charge in [0.2, 0.25) is 0 Å². The molecule has 0 radical (unpaired) electrons. The first kappa shape index (κ1) is 21.5. The molecular formula is C24H28N2O4. The number of anilines is 2. The lowest BCUT2D eigenvalue weighted by molar-refractivity contribution is 0.115. The monoisotopic (exact) mass is 408 g/mol. The summed E-state index contributed by atoms with van der Waals surface area (Å²) >= 11 is 0. The number of benzene rings is 3. The van der Waals surface area contributed by atoms with Crippen LogP contribution in [0.15, 0.2) is 84.9 Å². The van der Waals surface area contributed by atoms with Crippen LogP contribution in [0.2, 0.25) is 0 Å². The van der Waals surface area contributed by atoms with Gasteiger partial charge in [0.1, 0.15) is 36.9 Å². The topological polar surface area (TPSA) is 83.0 Å². The summed E-state index contributed by atoms with van der Waals surface area (Å²) in [5.41, 5.74) is 1.92. The molecule has 0 unspecified atom stereocenters. The van der Waals surface area contributed by atoms with Crippen LogP contribution in [-0.2, 0) is 0 Å². The Morgan fingerprint density at radius 2 is 0.933 bits per heavy atom. The summed E-state index contributed by atoms with van der Waals surface area (Å²) in [6.07, 6.45) is -1.26. The predicted octanol–water partition coefficient (Wildman–Crippen LogP) is 3.39. The van der Waals surface area contributed by atoms with E-state index in [4.69, 9.17) is 9.47 Å². The normalized spacial score (nSPS) is 12.6. The number of rotatable bonds is 12. The van der Waals surface area contributed by atoms with Crippen molar-refractivity contribution in [2.45, 2.75) is 12.2 Å². The maximum absolute atomic E-state index is 10.1. The number of aliphatic hydroxyl groups is 2. The fourth-order valence-electron chi connectivity index (χ4n) is 2.72. The van der Waals surface area contributed by atoms with Crippen LogP contribution in [0.4, 0.5) is 11.4 Å². The highest BCUT2D eigenvalue weighted by molar-refractivity contribution is 5.43. The molecule has 6 heteroatoms. The summed E-state index contributed by atoms with van der Waals surface area (Å²) in [5, 5.41) is 26.4. The SMILES string of the molecule is O[C@@H](CNc1ccccc1)COc1ccc(OC[C@@H](O)CNc2ccccc2)cc1. The number of aliphatic hydroxyl groups excluding tert-OH is 2. The highest BCUT2D eigenvalue weighted by Crippen LogP contribution is 2.18. The van der Waals surface area contributed by atoms with Crippen molar-refractivity contribution in [1.82, 2.24) is 0 Å². The van der Waals surface area contributed by atoms with Crippen molar-refractivity contribution >= 4 is 11.4 Å². The zero-order valence-electron chi connectivity index (χ0n) is 16.8. The molecule has 0 bridgehead atoms. The molecule has 0 aromatic heterocycles. The molecule has 3 aromatic carbocycles. The van der Waals surface area contributed by atoms with Crippen molar-refractivity contribution in [1.29, 1.82) is 0 Å². The van der Waals surface area contributed by atoms with Crippen molar-refractivity contribution in [2.24, 2.45) is 0 Å². The van der Waals surface area contributed by atoms with Gasteiger partial charge in [-0.25, -0.2) is 0 Å². The van der Waals surface area contributed by atoms with E-state index in [0.29, 0.717) is 24.6 Å². The molecule has 0 saturated carbocycles. The molecule has 0 saturated heterocycles.